The number of carbonyl (C=O) groups is 2. The number of fused-ring (bicyclic) bond motifs is 1. The largest absolute Gasteiger partial charge is 0.370 e. The van der Waals surface area contributed by atoms with Gasteiger partial charge >= 0.3 is 0 Å². The van der Waals surface area contributed by atoms with E-state index < -0.39 is 11.8 Å². The fourth-order valence-corrected chi connectivity index (χ4v) is 2.54. The molecular weight excluding hydrogens is 332 g/mol. The highest BCUT2D eigenvalue weighted by Gasteiger charge is 2.09. The van der Waals surface area contributed by atoms with Gasteiger partial charge in [-0.3, -0.25) is 34.6 Å². The fraction of sp³-hybridized carbons (Fsp3) is 0.0714. The number of pyridine rings is 1. The first kappa shape index (κ1) is 15.6. The van der Waals surface area contributed by atoms with Gasteiger partial charge in [-0.1, -0.05) is 0 Å². The summed E-state index contributed by atoms with van der Waals surface area (Å²) < 4.78 is 1.38. The molecule has 0 aliphatic rings. The van der Waals surface area contributed by atoms with E-state index in [1.54, 1.807) is 23.7 Å². The lowest BCUT2D eigenvalue weighted by Crippen LogP contribution is -2.44. The first-order chi connectivity index (χ1) is 11.6. The Morgan fingerprint density at radius 2 is 2.12 bits per heavy atom. The minimum atomic E-state index is -0.512. The van der Waals surface area contributed by atoms with E-state index >= 15 is 0 Å². The van der Waals surface area contributed by atoms with E-state index in [-0.39, 0.29) is 17.8 Å². The van der Waals surface area contributed by atoms with Crippen LogP contribution in [0.5, 0.6) is 0 Å². The van der Waals surface area contributed by atoms with Crippen molar-refractivity contribution in [3.63, 3.8) is 0 Å². The molecule has 122 valence electrons. The number of hydrazine groups is 1. The molecule has 9 nitrogen and oxygen atoms in total. The maximum atomic E-state index is 12.1. The average Bonchev–Trinajstić information content (AvgIpc) is 3.09. The zero-order valence-electron chi connectivity index (χ0n) is 12.2. The summed E-state index contributed by atoms with van der Waals surface area (Å²) in [6.07, 6.45) is 5.89. The molecule has 0 aliphatic heterocycles. The Balaban J connectivity index is 1.54. The summed E-state index contributed by atoms with van der Waals surface area (Å²) in [6, 6.07) is 3.18. The van der Waals surface area contributed by atoms with Gasteiger partial charge in [0.25, 0.3) is 17.4 Å². The Morgan fingerprint density at radius 1 is 1.25 bits per heavy atom. The second-order valence-electron chi connectivity index (χ2n) is 4.63. The Labute approximate surface area is 139 Å². The Bertz CT molecular complexity index is 936. The van der Waals surface area contributed by atoms with Gasteiger partial charge in [0.05, 0.1) is 18.3 Å². The van der Waals surface area contributed by atoms with E-state index in [4.69, 9.17) is 0 Å². The number of amides is 2. The number of anilines is 1. The molecule has 0 radical (unpaired) electrons. The zero-order valence-corrected chi connectivity index (χ0v) is 13.0. The molecule has 3 aromatic rings. The monoisotopic (exact) mass is 344 g/mol. The summed E-state index contributed by atoms with van der Waals surface area (Å²) in [5.41, 5.74) is 4.72. The van der Waals surface area contributed by atoms with Crippen molar-refractivity contribution < 1.29 is 9.59 Å². The van der Waals surface area contributed by atoms with E-state index in [0.29, 0.717) is 10.5 Å². The number of rotatable bonds is 4. The molecule has 2 amide bonds. The van der Waals surface area contributed by atoms with Crippen molar-refractivity contribution in [2.24, 2.45) is 0 Å². The van der Waals surface area contributed by atoms with Gasteiger partial charge in [-0.15, -0.1) is 11.3 Å². The van der Waals surface area contributed by atoms with Crippen molar-refractivity contribution in [2.75, 3.05) is 11.9 Å². The molecule has 3 heterocycles. The smallest absolute Gasteiger partial charge is 0.281 e. The van der Waals surface area contributed by atoms with Crippen molar-refractivity contribution in [2.45, 2.75) is 0 Å². The number of nitrogens with zero attached hydrogens (tertiary/aromatic N) is 3. The van der Waals surface area contributed by atoms with Crippen LogP contribution in [0.4, 0.5) is 5.69 Å². The topological polar surface area (TPSA) is 117 Å². The first-order valence-corrected chi connectivity index (χ1v) is 7.71. The van der Waals surface area contributed by atoms with Crippen molar-refractivity contribution in [1.29, 1.82) is 0 Å². The summed E-state index contributed by atoms with van der Waals surface area (Å²) in [4.78, 5) is 44.1. The van der Waals surface area contributed by atoms with Crippen LogP contribution in [0.3, 0.4) is 0 Å². The summed E-state index contributed by atoms with van der Waals surface area (Å²) in [7, 11) is 0. The van der Waals surface area contributed by atoms with E-state index in [1.807, 2.05) is 0 Å². The van der Waals surface area contributed by atoms with E-state index in [0.717, 1.165) is 0 Å². The lowest BCUT2D eigenvalue weighted by molar-refractivity contribution is -0.120. The number of carbonyl (C=O) groups excluding carboxylic acids is 2. The van der Waals surface area contributed by atoms with Crippen LogP contribution in [-0.2, 0) is 4.79 Å². The molecule has 3 N–H and O–H groups in total. The molecule has 3 aromatic heterocycles. The molecule has 0 aromatic carbocycles. The van der Waals surface area contributed by atoms with Crippen LogP contribution in [0.1, 0.15) is 10.4 Å². The van der Waals surface area contributed by atoms with Crippen LogP contribution >= 0.6 is 11.3 Å². The highest BCUT2D eigenvalue weighted by molar-refractivity contribution is 7.15. The van der Waals surface area contributed by atoms with Gasteiger partial charge in [0.15, 0.2) is 4.96 Å². The second-order valence-corrected chi connectivity index (χ2v) is 5.50. The Kier molecular flexibility index (Phi) is 4.47. The predicted octanol–water partition coefficient (Wildman–Crippen LogP) is 0.0241. The number of thiazole rings is 1. The zero-order chi connectivity index (χ0) is 16.9. The quantitative estimate of drug-likeness (QED) is 0.575. The molecule has 0 atom stereocenters. The van der Waals surface area contributed by atoms with Crippen LogP contribution in [-0.4, -0.2) is 32.7 Å². The molecule has 0 unspecified atom stereocenters. The van der Waals surface area contributed by atoms with Crippen molar-refractivity contribution in [3.8, 4) is 0 Å². The maximum Gasteiger partial charge on any atom is 0.281 e. The van der Waals surface area contributed by atoms with Crippen LogP contribution in [0.25, 0.3) is 4.96 Å². The van der Waals surface area contributed by atoms with Crippen molar-refractivity contribution >= 4 is 33.8 Å². The van der Waals surface area contributed by atoms with Gasteiger partial charge in [0.2, 0.25) is 0 Å². The molecular formula is C14H12N6O3S. The van der Waals surface area contributed by atoms with Gasteiger partial charge in [0, 0.05) is 24.0 Å². The minimum Gasteiger partial charge on any atom is -0.370 e. The van der Waals surface area contributed by atoms with E-state index in [9.17, 15) is 14.4 Å². The van der Waals surface area contributed by atoms with Crippen LogP contribution < -0.4 is 21.7 Å². The highest BCUT2D eigenvalue weighted by Crippen LogP contribution is 2.07. The second kappa shape index (κ2) is 6.87. The van der Waals surface area contributed by atoms with Crippen LogP contribution in [0.2, 0.25) is 0 Å². The van der Waals surface area contributed by atoms with E-state index in [2.05, 4.69) is 26.1 Å². The Hall–Kier alpha value is -3.27. The summed E-state index contributed by atoms with van der Waals surface area (Å²) in [6.45, 7) is -0.194. The number of hydrogen-bond acceptors (Lipinski definition) is 7. The van der Waals surface area contributed by atoms with Gasteiger partial charge in [0.1, 0.15) is 5.69 Å². The lowest BCUT2D eigenvalue weighted by atomic mass is 10.3. The molecule has 0 aliphatic carbocycles. The van der Waals surface area contributed by atoms with Crippen LogP contribution in [0.15, 0.2) is 47.1 Å². The summed E-state index contributed by atoms with van der Waals surface area (Å²) in [5, 5.41) is 4.44. The molecule has 0 saturated heterocycles. The molecule has 0 bridgehead atoms. The Morgan fingerprint density at radius 3 is 2.92 bits per heavy atom. The SMILES string of the molecule is O=C(CNc1cnc2sccn2c1=O)NNC(=O)c1cccnc1. The molecule has 10 heteroatoms. The van der Waals surface area contributed by atoms with E-state index in [1.165, 1.54) is 34.3 Å². The van der Waals surface area contributed by atoms with Gasteiger partial charge in [-0.05, 0) is 12.1 Å². The molecule has 24 heavy (non-hydrogen) atoms. The number of hydrogen-bond donors (Lipinski definition) is 3. The molecule has 3 rings (SSSR count). The molecule has 0 fully saturated rings. The minimum absolute atomic E-state index is 0.194. The van der Waals surface area contributed by atoms with Gasteiger partial charge in [-0.2, -0.15) is 0 Å². The summed E-state index contributed by atoms with van der Waals surface area (Å²) >= 11 is 1.34. The highest BCUT2D eigenvalue weighted by atomic mass is 32.1. The number of nitrogens with one attached hydrogen (secondary N) is 3. The standard InChI is InChI=1S/C14H12N6O3S/c21-11(18-19-12(22)9-2-1-3-15-6-9)8-16-10-7-17-14-20(13(10)23)4-5-24-14/h1-7,16H,8H2,(H,18,21)(H,19,22). The third-order valence-corrected chi connectivity index (χ3v) is 3.79. The van der Waals surface area contributed by atoms with Gasteiger partial charge < -0.3 is 5.32 Å². The lowest BCUT2D eigenvalue weighted by Gasteiger charge is -2.08. The number of aromatic nitrogens is 3. The molecule has 0 saturated carbocycles. The predicted molar refractivity (Wildman–Crippen MR) is 87.7 cm³/mol. The maximum absolute atomic E-state index is 12.1. The third kappa shape index (κ3) is 3.38. The molecule has 0 spiro atoms. The average molecular weight is 344 g/mol. The van der Waals surface area contributed by atoms with Crippen molar-refractivity contribution in [1.82, 2.24) is 25.2 Å². The van der Waals surface area contributed by atoms with Crippen LogP contribution in [0, 0.1) is 0 Å². The summed E-state index contributed by atoms with van der Waals surface area (Å²) in [5.74, 6) is -1.00. The van der Waals surface area contributed by atoms with Crippen molar-refractivity contribution in [3.05, 3.63) is 58.2 Å². The normalized spacial score (nSPS) is 10.3. The van der Waals surface area contributed by atoms with Gasteiger partial charge in [-0.25, -0.2) is 4.98 Å². The first-order valence-electron chi connectivity index (χ1n) is 6.83. The third-order valence-electron chi connectivity index (χ3n) is 3.02. The fourth-order valence-electron chi connectivity index (χ4n) is 1.86.